The van der Waals surface area contributed by atoms with Crippen molar-refractivity contribution in [3.05, 3.63) is 0 Å². The summed E-state index contributed by atoms with van der Waals surface area (Å²) in [5, 5.41) is 0. The summed E-state index contributed by atoms with van der Waals surface area (Å²) in [6.45, 7) is 0. The van der Waals surface area contributed by atoms with E-state index in [0.717, 1.165) is 0 Å². The van der Waals surface area contributed by atoms with E-state index >= 15 is 0 Å². The Hall–Kier alpha value is 0.248. The van der Waals surface area contributed by atoms with Crippen molar-refractivity contribution >= 4 is 0 Å². The molecule has 0 aliphatic carbocycles. The minimum atomic E-state index is -7.02. The third kappa shape index (κ3) is 5220. The fourth-order valence-electron chi connectivity index (χ4n) is 0. The van der Waals surface area contributed by atoms with Crippen LogP contribution >= 0.6 is 0 Å². The van der Waals surface area contributed by atoms with Crippen LogP contribution in [0.5, 0.6) is 0 Å². The first-order chi connectivity index (χ1) is 2.00. The van der Waals surface area contributed by atoms with E-state index in [4.69, 9.17) is 0 Å². The first-order valence-electron chi connectivity index (χ1n) is 0.617. The molecule has 9 heteroatoms. The second-order valence-corrected chi connectivity index (χ2v) is 2.07. The van der Waals surface area contributed by atoms with Gasteiger partial charge in [0, 0.05) is 0 Å². The van der Waals surface area contributed by atoms with E-state index < -0.39 is 18.2 Å². The summed E-state index contributed by atoms with van der Waals surface area (Å²) in [6.07, 6.45) is 0. The summed E-state index contributed by atoms with van der Waals surface area (Å²) in [6, 6.07) is 0. The topological polar surface area (TPSA) is 126 Å². The van der Waals surface area contributed by atoms with Crippen molar-refractivity contribution in [2.75, 3.05) is 0 Å². The van der Waals surface area contributed by atoms with E-state index in [9.17, 15) is 12.6 Å². The van der Waals surface area contributed by atoms with Crippen molar-refractivity contribution in [2.45, 2.75) is 0 Å². The molecule has 0 radical (unpaired) electrons. The number of hydrogen-bond acceptors (Lipinski definition) is 0. The molecule has 9 heavy (non-hydrogen) atoms. The van der Waals surface area contributed by atoms with E-state index in [1.807, 2.05) is 0 Å². The normalized spacial score (nSPS) is 8.44. The van der Waals surface area contributed by atoms with Gasteiger partial charge in [-0.2, -0.15) is 0 Å². The van der Waals surface area contributed by atoms with Crippen LogP contribution in [0.25, 0.3) is 0 Å². The molecule has 0 unspecified atom stereocenters. The predicted octanol–water partition coefficient (Wildman–Crippen LogP) is -1.62. The van der Waals surface area contributed by atoms with Crippen molar-refractivity contribution < 1.29 is 52.7 Å². The first-order valence-corrected chi connectivity index (χ1v) is 3.65. The van der Waals surface area contributed by atoms with E-state index in [2.05, 4.69) is 0 Å². The molecule has 66 valence electrons. The van der Waals surface area contributed by atoms with Gasteiger partial charge in [0.1, 0.15) is 0 Å². The Labute approximate surface area is 53.5 Å². The summed E-state index contributed by atoms with van der Waals surface area (Å²) in [4.78, 5) is 0. The molecule has 0 saturated heterocycles. The SMILES string of the molecule is O.O.O.O.[F][Mo]([F])([F])[F]. The number of rotatable bonds is 0. The van der Waals surface area contributed by atoms with Crippen LogP contribution in [-0.2, 0) is 18.2 Å². The first kappa shape index (κ1) is 34.9. The molecule has 8 N–H and O–H groups in total. The quantitative estimate of drug-likeness (QED) is 0.358. The van der Waals surface area contributed by atoms with Gasteiger partial charge in [-0.25, -0.2) is 0 Å². The molecule has 0 heterocycles. The van der Waals surface area contributed by atoms with Gasteiger partial charge in [-0.3, -0.25) is 0 Å². The molecule has 0 aliphatic heterocycles. The monoisotopic (exact) mass is 246 g/mol. The third-order valence-electron chi connectivity index (χ3n) is 0. The van der Waals surface area contributed by atoms with Gasteiger partial charge >= 0.3 is 30.8 Å². The average molecular weight is 244 g/mol. The van der Waals surface area contributed by atoms with Gasteiger partial charge in [-0.15, -0.1) is 0 Å². The van der Waals surface area contributed by atoms with Gasteiger partial charge in [0.25, 0.3) is 0 Å². The summed E-state index contributed by atoms with van der Waals surface area (Å²) < 4.78 is 39.5. The van der Waals surface area contributed by atoms with Gasteiger partial charge in [-0.05, 0) is 0 Å². The fraction of sp³-hybridized carbons (Fsp3) is 0. The van der Waals surface area contributed by atoms with Crippen molar-refractivity contribution in [3.63, 3.8) is 0 Å². The van der Waals surface area contributed by atoms with Gasteiger partial charge in [0.2, 0.25) is 0 Å². The standard InChI is InChI=1S/4FH.Mo.4H2O/h4*1H;;4*1H2/q;;;;+4;;;;/p-4. The van der Waals surface area contributed by atoms with Crippen molar-refractivity contribution in [1.29, 1.82) is 0 Å². The zero-order valence-corrected chi connectivity index (χ0v) is 5.93. The van der Waals surface area contributed by atoms with Crippen LogP contribution in [-0.4, -0.2) is 21.9 Å². The second-order valence-electron chi connectivity index (χ2n) is 0.350. The molecule has 0 saturated carbocycles. The molecule has 0 aromatic rings. The number of halogens is 4. The molecule has 0 bridgehead atoms. The molecule has 0 amide bonds. The van der Waals surface area contributed by atoms with E-state index in [-0.39, 0.29) is 21.9 Å². The Morgan fingerprint density at radius 1 is 0.556 bits per heavy atom. The van der Waals surface area contributed by atoms with E-state index in [0.29, 0.717) is 0 Å². The molecular weight excluding hydrogens is 236 g/mol. The molecule has 0 spiro atoms. The molecule has 4 nitrogen and oxygen atoms in total. The van der Waals surface area contributed by atoms with Crippen LogP contribution in [0.2, 0.25) is 0 Å². The van der Waals surface area contributed by atoms with Crippen LogP contribution < -0.4 is 0 Å². The van der Waals surface area contributed by atoms with E-state index in [1.165, 1.54) is 0 Å². The summed E-state index contributed by atoms with van der Waals surface area (Å²) in [5.41, 5.74) is 0. The Morgan fingerprint density at radius 3 is 0.556 bits per heavy atom. The molecule has 0 rings (SSSR count). The number of hydrogen-bond donors (Lipinski definition) is 0. The molecule has 0 atom stereocenters. The molecule has 0 aliphatic rings. The van der Waals surface area contributed by atoms with Gasteiger partial charge in [0.15, 0.2) is 0 Å². The van der Waals surface area contributed by atoms with Crippen molar-refractivity contribution in [2.24, 2.45) is 0 Å². The maximum absolute atomic E-state index is 9.88. The van der Waals surface area contributed by atoms with Crippen LogP contribution in [0.15, 0.2) is 0 Å². The Kier molecular flexibility index (Phi) is 43.0. The van der Waals surface area contributed by atoms with Crippen LogP contribution in [0.3, 0.4) is 0 Å². The Bertz CT molecular complexity index is 28.0. The maximum atomic E-state index is 9.88. The third-order valence-corrected chi connectivity index (χ3v) is 0. The molecule has 0 aromatic carbocycles. The van der Waals surface area contributed by atoms with Crippen molar-refractivity contribution in [3.8, 4) is 0 Å². The zero-order valence-electron chi connectivity index (χ0n) is 3.92. The predicted molar refractivity (Wildman–Crippen MR) is 18.9 cm³/mol. The van der Waals surface area contributed by atoms with Crippen molar-refractivity contribution in [1.82, 2.24) is 0 Å². The summed E-state index contributed by atoms with van der Waals surface area (Å²) >= 11 is -7.02. The average Bonchev–Trinajstić information content (AvgIpc) is 0.722. The molecular formula is H8F4MoO4. The second kappa shape index (κ2) is 11.1. The van der Waals surface area contributed by atoms with Crippen LogP contribution in [0, 0.1) is 0 Å². The Morgan fingerprint density at radius 2 is 0.556 bits per heavy atom. The zero-order chi connectivity index (χ0) is 4.50. The van der Waals surface area contributed by atoms with E-state index in [1.54, 1.807) is 0 Å². The van der Waals surface area contributed by atoms with Crippen LogP contribution in [0.4, 0.5) is 12.6 Å². The van der Waals surface area contributed by atoms with Gasteiger partial charge in [-0.1, -0.05) is 0 Å². The minimum absolute atomic E-state index is 0. The van der Waals surface area contributed by atoms with Crippen LogP contribution in [0.1, 0.15) is 0 Å². The summed E-state index contributed by atoms with van der Waals surface area (Å²) in [7, 11) is 0. The molecule has 0 aromatic heterocycles. The van der Waals surface area contributed by atoms with Gasteiger partial charge < -0.3 is 21.9 Å². The molecule has 0 fully saturated rings. The summed E-state index contributed by atoms with van der Waals surface area (Å²) in [5.74, 6) is 0. The Balaban J connectivity index is -0.0000000133. The van der Waals surface area contributed by atoms with Gasteiger partial charge in [0.05, 0.1) is 0 Å². The fourth-order valence-corrected chi connectivity index (χ4v) is 0.